The summed E-state index contributed by atoms with van der Waals surface area (Å²) in [5.74, 6) is 0.141. The van der Waals surface area contributed by atoms with Gasteiger partial charge in [-0.15, -0.1) is 11.8 Å². The molecule has 1 saturated heterocycles. The number of hydrogen-bond acceptors (Lipinski definition) is 4. The largest absolute Gasteiger partial charge is 0.381 e. The molecule has 0 unspecified atom stereocenters. The van der Waals surface area contributed by atoms with E-state index in [1.165, 1.54) is 4.90 Å². The molecule has 5 heteroatoms. The second-order valence-corrected chi connectivity index (χ2v) is 6.49. The predicted molar refractivity (Wildman–Crippen MR) is 86.2 cm³/mol. The first-order valence-electron chi connectivity index (χ1n) is 7.27. The molecule has 1 aliphatic rings. The van der Waals surface area contributed by atoms with E-state index in [0.29, 0.717) is 26.3 Å². The molecule has 0 bridgehead atoms. The van der Waals surface area contributed by atoms with Crippen LogP contribution in [-0.4, -0.2) is 43.9 Å². The van der Waals surface area contributed by atoms with Gasteiger partial charge in [0.05, 0.1) is 5.41 Å². The molecule has 2 rings (SSSR count). The lowest BCUT2D eigenvalue weighted by atomic mass is 9.79. The quantitative estimate of drug-likeness (QED) is 0.847. The molecule has 21 heavy (non-hydrogen) atoms. The number of thioether (sulfide) groups is 1. The maximum Gasteiger partial charge on any atom is 0.230 e. The minimum Gasteiger partial charge on any atom is -0.381 e. The Morgan fingerprint density at radius 1 is 1.33 bits per heavy atom. The average Bonchev–Trinajstić information content (AvgIpc) is 2.55. The van der Waals surface area contributed by atoms with Gasteiger partial charge in [0.2, 0.25) is 5.91 Å². The second kappa shape index (κ2) is 7.29. The third-order valence-corrected chi connectivity index (χ3v) is 4.96. The van der Waals surface area contributed by atoms with E-state index in [0.717, 1.165) is 18.4 Å². The third-order valence-electron chi connectivity index (χ3n) is 4.22. The van der Waals surface area contributed by atoms with Gasteiger partial charge in [-0.3, -0.25) is 4.79 Å². The number of amides is 1. The summed E-state index contributed by atoms with van der Waals surface area (Å²) in [4.78, 5) is 15.8. The second-order valence-electron chi connectivity index (χ2n) is 5.61. The number of nitrogens with two attached hydrogens (primary N) is 1. The Hall–Kier alpha value is -1.04. The highest BCUT2D eigenvalue weighted by atomic mass is 32.2. The Balaban J connectivity index is 2.03. The van der Waals surface area contributed by atoms with E-state index in [-0.39, 0.29) is 5.91 Å². The number of nitrogens with zero attached hydrogens (tertiary/aromatic N) is 1. The molecular weight excluding hydrogens is 284 g/mol. The van der Waals surface area contributed by atoms with Gasteiger partial charge in [-0.25, -0.2) is 0 Å². The van der Waals surface area contributed by atoms with Crippen LogP contribution in [0.5, 0.6) is 0 Å². The molecule has 1 heterocycles. The SMILES string of the molecule is CSc1ccc(CN(C)C(=O)C2(CN)CCOCC2)cc1. The van der Waals surface area contributed by atoms with Crippen molar-refractivity contribution in [3.05, 3.63) is 29.8 Å². The zero-order valence-corrected chi connectivity index (χ0v) is 13.6. The van der Waals surface area contributed by atoms with E-state index in [1.54, 1.807) is 16.7 Å². The number of rotatable bonds is 5. The van der Waals surface area contributed by atoms with Crippen LogP contribution in [-0.2, 0) is 16.1 Å². The number of hydrogen-bond donors (Lipinski definition) is 1. The molecule has 1 amide bonds. The lowest BCUT2D eigenvalue weighted by Crippen LogP contribution is -2.49. The zero-order valence-electron chi connectivity index (χ0n) is 12.8. The number of carbonyl (C=O) groups excluding carboxylic acids is 1. The Bertz CT molecular complexity index is 470. The van der Waals surface area contributed by atoms with Gasteiger partial charge in [-0.2, -0.15) is 0 Å². The minimum atomic E-state index is -0.438. The third kappa shape index (κ3) is 3.78. The summed E-state index contributed by atoms with van der Waals surface area (Å²) in [5, 5.41) is 0. The van der Waals surface area contributed by atoms with Crippen LogP contribution in [0.4, 0.5) is 0 Å². The molecule has 0 aliphatic carbocycles. The predicted octanol–water partition coefficient (Wildman–Crippen LogP) is 2.12. The van der Waals surface area contributed by atoms with E-state index in [2.05, 4.69) is 30.5 Å². The molecule has 0 atom stereocenters. The molecule has 0 aromatic heterocycles. The lowest BCUT2D eigenvalue weighted by molar-refractivity contribution is -0.146. The van der Waals surface area contributed by atoms with Gasteiger partial charge in [0.15, 0.2) is 0 Å². The molecule has 0 radical (unpaired) electrons. The van der Waals surface area contributed by atoms with Crippen molar-refractivity contribution < 1.29 is 9.53 Å². The maximum atomic E-state index is 12.8. The van der Waals surface area contributed by atoms with E-state index >= 15 is 0 Å². The van der Waals surface area contributed by atoms with Crippen molar-refractivity contribution in [1.29, 1.82) is 0 Å². The number of ether oxygens (including phenoxy) is 1. The van der Waals surface area contributed by atoms with Crippen LogP contribution in [0.2, 0.25) is 0 Å². The van der Waals surface area contributed by atoms with Crippen molar-refractivity contribution >= 4 is 17.7 Å². The standard InChI is InChI=1S/C16H24N2O2S/c1-18(11-13-3-5-14(21-2)6-4-13)15(19)16(12-17)7-9-20-10-8-16/h3-6H,7-12,17H2,1-2H3. The highest BCUT2D eigenvalue weighted by molar-refractivity contribution is 7.98. The first-order valence-corrected chi connectivity index (χ1v) is 8.50. The maximum absolute atomic E-state index is 12.8. The summed E-state index contributed by atoms with van der Waals surface area (Å²) in [6.45, 7) is 2.26. The summed E-state index contributed by atoms with van der Waals surface area (Å²) in [6.07, 6.45) is 3.50. The summed E-state index contributed by atoms with van der Waals surface area (Å²) >= 11 is 1.72. The van der Waals surface area contributed by atoms with Crippen molar-refractivity contribution in [3.8, 4) is 0 Å². The molecule has 1 aromatic rings. The van der Waals surface area contributed by atoms with Crippen molar-refractivity contribution in [3.63, 3.8) is 0 Å². The molecule has 2 N–H and O–H groups in total. The fraction of sp³-hybridized carbons (Fsp3) is 0.562. The van der Waals surface area contributed by atoms with Gasteiger partial charge in [0, 0.05) is 38.2 Å². The summed E-state index contributed by atoms with van der Waals surface area (Å²) < 4.78 is 5.37. The zero-order chi connectivity index (χ0) is 15.3. The molecule has 1 aliphatic heterocycles. The van der Waals surface area contributed by atoms with Gasteiger partial charge in [0.25, 0.3) is 0 Å². The summed E-state index contributed by atoms with van der Waals surface area (Å²) in [5.41, 5.74) is 6.61. The molecule has 1 fully saturated rings. The fourth-order valence-electron chi connectivity index (χ4n) is 2.75. The first-order chi connectivity index (χ1) is 10.1. The monoisotopic (exact) mass is 308 g/mol. The molecular formula is C16H24N2O2S. The van der Waals surface area contributed by atoms with Gasteiger partial charge >= 0.3 is 0 Å². The number of benzene rings is 1. The normalized spacial score (nSPS) is 17.5. The van der Waals surface area contributed by atoms with Gasteiger partial charge in [0.1, 0.15) is 0 Å². The average molecular weight is 308 g/mol. The molecule has 116 valence electrons. The molecule has 4 nitrogen and oxygen atoms in total. The topological polar surface area (TPSA) is 55.6 Å². The van der Waals surface area contributed by atoms with Crippen molar-refractivity contribution in [2.24, 2.45) is 11.1 Å². The molecule has 0 saturated carbocycles. The molecule has 1 aromatic carbocycles. The minimum absolute atomic E-state index is 0.141. The fourth-order valence-corrected chi connectivity index (χ4v) is 3.16. The van der Waals surface area contributed by atoms with Crippen LogP contribution in [0.3, 0.4) is 0 Å². The van der Waals surface area contributed by atoms with E-state index in [1.807, 2.05) is 7.05 Å². The van der Waals surface area contributed by atoms with Crippen LogP contribution >= 0.6 is 11.8 Å². The van der Waals surface area contributed by atoms with E-state index < -0.39 is 5.41 Å². The van der Waals surface area contributed by atoms with Gasteiger partial charge in [-0.1, -0.05) is 12.1 Å². The van der Waals surface area contributed by atoms with Crippen molar-refractivity contribution in [2.75, 3.05) is 33.1 Å². The van der Waals surface area contributed by atoms with Crippen molar-refractivity contribution in [2.45, 2.75) is 24.3 Å². The Morgan fingerprint density at radius 3 is 2.48 bits per heavy atom. The van der Waals surface area contributed by atoms with E-state index in [4.69, 9.17) is 10.5 Å². The lowest BCUT2D eigenvalue weighted by Gasteiger charge is -2.37. The Kier molecular flexibility index (Phi) is 5.67. The first kappa shape index (κ1) is 16.3. The Labute approximate surface area is 131 Å². The van der Waals surface area contributed by atoms with Crippen LogP contribution in [0.1, 0.15) is 18.4 Å². The van der Waals surface area contributed by atoms with Gasteiger partial charge in [-0.05, 0) is 36.8 Å². The van der Waals surface area contributed by atoms with Crippen LogP contribution in [0.25, 0.3) is 0 Å². The van der Waals surface area contributed by atoms with Crippen LogP contribution in [0, 0.1) is 5.41 Å². The van der Waals surface area contributed by atoms with Crippen molar-refractivity contribution in [1.82, 2.24) is 4.90 Å². The Morgan fingerprint density at radius 2 is 1.95 bits per heavy atom. The summed E-state index contributed by atoms with van der Waals surface area (Å²) in [6, 6.07) is 8.33. The highest BCUT2D eigenvalue weighted by Gasteiger charge is 2.40. The van der Waals surface area contributed by atoms with Gasteiger partial charge < -0.3 is 15.4 Å². The van der Waals surface area contributed by atoms with E-state index in [9.17, 15) is 4.79 Å². The number of carbonyl (C=O) groups is 1. The van der Waals surface area contributed by atoms with Crippen LogP contribution < -0.4 is 5.73 Å². The van der Waals surface area contributed by atoms with Crippen LogP contribution in [0.15, 0.2) is 29.2 Å². The highest BCUT2D eigenvalue weighted by Crippen LogP contribution is 2.31. The smallest absolute Gasteiger partial charge is 0.230 e. The summed E-state index contributed by atoms with van der Waals surface area (Å²) in [7, 11) is 1.86. The molecule has 0 spiro atoms.